The minimum Gasteiger partial charge on any atom is -0.359 e. The Hall–Kier alpha value is -3.88. The fraction of sp³-hybridized carbons (Fsp3) is 0.304. The normalized spacial score (nSPS) is 17.3. The summed E-state index contributed by atoms with van der Waals surface area (Å²) in [5.41, 5.74) is 8.30. The molecule has 3 aromatic rings. The van der Waals surface area contributed by atoms with Crippen LogP contribution in [0.4, 0.5) is 0 Å². The number of rotatable bonds is 6. The maximum Gasteiger partial charge on any atom is 0.273 e. The van der Waals surface area contributed by atoms with Crippen molar-refractivity contribution in [2.45, 2.75) is 44.9 Å². The Morgan fingerprint density at radius 1 is 1.25 bits per heavy atom. The lowest BCUT2D eigenvalue weighted by Gasteiger charge is -2.27. The molecule has 0 spiro atoms. The Morgan fingerprint density at radius 2 is 2.12 bits per heavy atom. The predicted molar refractivity (Wildman–Crippen MR) is 118 cm³/mol. The summed E-state index contributed by atoms with van der Waals surface area (Å²) in [7, 11) is 0. The summed E-state index contributed by atoms with van der Waals surface area (Å²) < 4.78 is 1.51. The molecule has 1 fully saturated rings. The first-order valence-corrected chi connectivity index (χ1v) is 10.7. The zero-order valence-corrected chi connectivity index (χ0v) is 17.7. The SMILES string of the molecule is Cc1[nH]c(C=C2C(=O)NN=C2c2cnccn2)c(C2CCC2)c1CCC(=O)n1ccnc1. The van der Waals surface area contributed by atoms with Gasteiger partial charge in [-0.15, -0.1) is 0 Å². The number of carbonyl (C=O) groups excluding carboxylic acids is 2. The lowest BCUT2D eigenvalue weighted by Crippen LogP contribution is -2.15. The first-order valence-electron chi connectivity index (χ1n) is 10.7. The smallest absolute Gasteiger partial charge is 0.273 e. The van der Waals surface area contributed by atoms with E-state index in [1.54, 1.807) is 31.0 Å². The zero-order chi connectivity index (χ0) is 22.1. The number of aryl methyl sites for hydroxylation is 1. The van der Waals surface area contributed by atoms with Crippen molar-refractivity contribution in [1.82, 2.24) is 29.9 Å². The molecule has 9 heteroatoms. The van der Waals surface area contributed by atoms with Gasteiger partial charge < -0.3 is 4.98 Å². The molecule has 1 saturated carbocycles. The first kappa shape index (κ1) is 20.0. The lowest BCUT2D eigenvalue weighted by molar-refractivity contribution is -0.116. The largest absolute Gasteiger partial charge is 0.359 e. The number of nitrogens with zero attached hydrogens (tertiary/aromatic N) is 5. The van der Waals surface area contributed by atoms with Crippen LogP contribution < -0.4 is 5.43 Å². The molecule has 32 heavy (non-hydrogen) atoms. The third kappa shape index (κ3) is 3.66. The van der Waals surface area contributed by atoms with Crippen molar-refractivity contribution in [2.75, 3.05) is 0 Å². The molecule has 0 atom stereocenters. The van der Waals surface area contributed by atoms with Crippen LogP contribution in [0.1, 0.15) is 64.6 Å². The van der Waals surface area contributed by atoms with E-state index >= 15 is 0 Å². The molecule has 0 radical (unpaired) electrons. The van der Waals surface area contributed by atoms with Crippen LogP contribution in [-0.2, 0) is 11.2 Å². The highest BCUT2D eigenvalue weighted by molar-refractivity contribution is 6.32. The van der Waals surface area contributed by atoms with E-state index in [4.69, 9.17) is 0 Å². The van der Waals surface area contributed by atoms with Crippen LogP contribution >= 0.6 is 0 Å². The minimum atomic E-state index is -0.269. The predicted octanol–water partition coefficient (Wildman–Crippen LogP) is 2.77. The van der Waals surface area contributed by atoms with E-state index in [0.717, 1.165) is 29.8 Å². The van der Waals surface area contributed by atoms with Crippen LogP contribution in [0.3, 0.4) is 0 Å². The van der Waals surface area contributed by atoms with Gasteiger partial charge in [0.25, 0.3) is 5.91 Å². The van der Waals surface area contributed by atoms with Crippen LogP contribution in [0.2, 0.25) is 0 Å². The standard InChI is InChI=1S/C23H23N7O2/c1-14-16(5-6-20(31)30-10-9-25-13-30)21(15-3-2-4-15)18(27-14)11-17-22(28-29-23(17)32)19-12-24-7-8-26-19/h7-13,15,27H,2-6H2,1H3,(H,29,32). The molecule has 0 unspecified atom stereocenters. The molecule has 2 aliphatic rings. The Kier molecular flexibility index (Phi) is 5.22. The van der Waals surface area contributed by atoms with Gasteiger partial charge in [0.2, 0.25) is 5.91 Å². The highest BCUT2D eigenvalue weighted by Crippen LogP contribution is 2.42. The monoisotopic (exact) mass is 429 g/mol. The number of amides is 1. The number of hydrogen-bond acceptors (Lipinski definition) is 6. The van der Waals surface area contributed by atoms with Gasteiger partial charge in [-0.2, -0.15) is 5.10 Å². The van der Waals surface area contributed by atoms with Gasteiger partial charge in [0, 0.05) is 42.6 Å². The topological polar surface area (TPSA) is 118 Å². The van der Waals surface area contributed by atoms with E-state index in [-0.39, 0.29) is 11.8 Å². The van der Waals surface area contributed by atoms with Gasteiger partial charge in [-0.05, 0) is 49.3 Å². The summed E-state index contributed by atoms with van der Waals surface area (Å²) >= 11 is 0. The van der Waals surface area contributed by atoms with Gasteiger partial charge >= 0.3 is 0 Å². The van der Waals surface area contributed by atoms with Crippen LogP contribution in [0, 0.1) is 6.92 Å². The maximum atomic E-state index is 12.6. The quantitative estimate of drug-likeness (QED) is 0.584. The second-order valence-corrected chi connectivity index (χ2v) is 8.10. The molecule has 2 N–H and O–H groups in total. The summed E-state index contributed by atoms with van der Waals surface area (Å²) in [6, 6.07) is 0. The third-order valence-electron chi connectivity index (χ3n) is 6.15. The average Bonchev–Trinajstić information content (AvgIpc) is 3.48. The number of imidazole rings is 1. The third-order valence-corrected chi connectivity index (χ3v) is 6.15. The van der Waals surface area contributed by atoms with Crippen molar-refractivity contribution in [3.63, 3.8) is 0 Å². The van der Waals surface area contributed by atoms with Crippen LogP contribution in [-0.4, -0.2) is 42.0 Å². The fourth-order valence-electron chi connectivity index (χ4n) is 4.31. The van der Waals surface area contributed by atoms with Crippen LogP contribution in [0.5, 0.6) is 0 Å². The lowest BCUT2D eigenvalue weighted by atomic mass is 9.77. The van der Waals surface area contributed by atoms with Crippen molar-refractivity contribution in [2.24, 2.45) is 5.10 Å². The molecule has 162 valence electrons. The van der Waals surface area contributed by atoms with Crippen molar-refractivity contribution >= 4 is 23.6 Å². The highest BCUT2D eigenvalue weighted by Gasteiger charge is 2.30. The van der Waals surface area contributed by atoms with E-state index in [0.29, 0.717) is 35.7 Å². The zero-order valence-electron chi connectivity index (χ0n) is 17.7. The van der Waals surface area contributed by atoms with Gasteiger partial charge in [0.1, 0.15) is 17.7 Å². The molecule has 9 nitrogen and oxygen atoms in total. The Balaban J connectivity index is 1.49. The summed E-state index contributed by atoms with van der Waals surface area (Å²) in [4.78, 5) is 40.8. The van der Waals surface area contributed by atoms with Crippen molar-refractivity contribution in [3.05, 3.63) is 71.1 Å². The fourth-order valence-corrected chi connectivity index (χ4v) is 4.31. The second kappa shape index (κ2) is 8.33. The summed E-state index contributed by atoms with van der Waals surface area (Å²) in [6.45, 7) is 2.02. The second-order valence-electron chi connectivity index (χ2n) is 8.10. The molecule has 4 heterocycles. The average molecular weight is 429 g/mol. The van der Waals surface area contributed by atoms with Crippen molar-refractivity contribution in [3.8, 4) is 0 Å². The molecule has 1 aliphatic heterocycles. The van der Waals surface area contributed by atoms with Gasteiger partial charge in [0.05, 0.1) is 11.8 Å². The molecular weight excluding hydrogens is 406 g/mol. The maximum absolute atomic E-state index is 12.6. The van der Waals surface area contributed by atoms with Crippen LogP contribution in [0.15, 0.2) is 48.0 Å². The molecule has 1 amide bonds. The number of H-pyrrole nitrogens is 1. The van der Waals surface area contributed by atoms with E-state index in [1.165, 1.54) is 22.9 Å². The van der Waals surface area contributed by atoms with Crippen molar-refractivity contribution < 1.29 is 9.59 Å². The number of carbonyl (C=O) groups is 2. The van der Waals surface area contributed by atoms with E-state index in [2.05, 4.69) is 30.5 Å². The Morgan fingerprint density at radius 3 is 2.81 bits per heavy atom. The van der Waals surface area contributed by atoms with E-state index < -0.39 is 0 Å². The number of nitrogens with one attached hydrogen (secondary N) is 2. The molecular formula is C23H23N7O2. The van der Waals surface area contributed by atoms with Crippen LogP contribution in [0.25, 0.3) is 6.08 Å². The van der Waals surface area contributed by atoms with Gasteiger partial charge in [-0.1, -0.05) is 6.42 Å². The number of aromatic amines is 1. The van der Waals surface area contributed by atoms with Gasteiger partial charge in [-0.3, -0.25) is 24.1 Å². The summed E-state index contributed by atoms with van der Waals surface area (Å²) in [5.74, 6) is 0.163. The number of aromatic nitrogens is 5. The first-order chi connectivity index (χ1) is 15.6. The Labute approximate surface area is 184 Å². The minimum absolute atomic E-state index is 0.00908. The number of hydrazone groups is 1. The van der Waals surface area contributed by atoms with E-state index in [1.807, 2.05) is 13.0 Å². The van der Waals surface area contributed by atoms with E-state index in [9.17, 15) is 9.59 Å². The van der Waals surface area contributed by atoms with Gasteiger partial charge in [-0.25, -0.2) is 10.4 Å². The number of hydrogen-bond donors (Lipinski definition) is 2. The van der Waals surface area contributed by atoms with Crippen molar-refractivity contribution in [1.29, 1.82) is 0 Å². The Bertz CT molecular complexity index is 1220. The molecule has 0 aromatic carbocycles. The molecule has 3 aromatic heterocycles. The molecule has 0 bridgehead atoms. The van der Waals surface area contributed by atoms with Gasteiger partial charge in [0.15, 0.2) is 0 Å². The molecule has 5 rings (SSSR count). The molecule has 0 saturated heterocycles. The summed E-state index contributed by atoms with van der Waals surface area (Å²) in [5, 5.41) is 4.17. The molecule has 1 aliphatic carbocycles. The summed E-state index contributed by atoms with van der Waals surface area (Å²) in [6.07, 6.45) is 15.8. The highest BCUT2D eigenvalue weighted by atomic mass is 16.2.